The highest BCUT2D eigenvalue weighted by molar-refractivity contribution is 7.54. The van der Waals surface area contributed by atoms with E-state index < -0.39 is 97.2 Å². The van der Waals surface area contributed by atoms with E-state index in [4.69, 9.17) is 41.4 Å². The summed E-state index contributed by atoms with van der Waals surface area (Å²) in [6.07, 6.45) is -1.89. The first kappa shape index (κ1) is 49.3. The largest absolute Gasteiger partial charge is 0.464 e. The monoisotopic (exact) mass is 837 g/mol. The predicted octanol–water partition coefficient (Wildman–Crippen LogP) is 2.77. The number of esters is 3. The molecule has 0 bridgehead atoms. The number of rotatable bonds is 30. The topological polar surface area (TPSA) is 251 Å². The van der Waals surface area contributed by atoms with Gasteiger partial charge in [-0.1, -0.05) is 0 Å². The van der Waals surface area contributed by atoms with Gasteiger partial charge in [-0.15, -0.1) is 0 Å². The molecule has 0 aliphatic rings. The second kappa shape index (κ2) is 25.4. The molecule has 0 aliphatic carbocycles. The zero-order chi connectivity index (χ0) is 40.8. The van der Waals surface area contributed by atoms with Crippen molar-refractivity contribution in [1.29, 1.82) is 0 Å². The summed E-state index contributed by atoms with van der Waals surface area (Å²) < 4.78 is 86.0. The van der Waals surface area contributed by atoms with Crippen molar-refractivity contribution in [2.75, 3.05) is 77.9 Å². The molecule has 21 nitrogen and oxygen atoms in total. The van der Waals surface area contributed by atoms with Crippen molar-refractivity contribution in [3.05, 3.63) is 31.5 Å². The molecule has 1 aromatic heterocycles. The zero-order valence-electron chi connectivity index (χ0n) is 31.8. The summed E-state index contributed by atoms with van der Waals surface area (Å²) in [6.45, 7) is 7.09. The number of aromatic nitrogens is 3. The fourth-order valence-corrected chi connectivity index (χ4v) is 9.32. The highest BCUT2D eigenvalue weighted by Gasteiger charge is 2.27. The quantitative estimate of drug-likeness (QED) is 0.0613. The second-order valence-corrected chi connectivity index (χ2v) is 17.3. The third-order valence-corrected chi connectivity index (χ3v) is 13.1. The van der Waals surface area contributed by atoms with Gasteiger partial charge in [-0.25, -0.2) is 28.1 Å². The van der Waals surface area contributed by atoms with Crippen LogP contribution in [0.3, 0.4) is 0 Å². The molecule has 1 rings (SSSR count). The van der Waals surface area contributed by atoms with Crippen LogP contribution in [0.1, 0.15) is 60.8 Å². The van der Waals surface area contributed by atoms with Gasteiger partial charge in [-0.3, -0.25) is 28.1 Å². The van der Waals surface area contributed by atoms with Crippen molar-refractivity contribution in [2.24, 2.45) is 0 Å². The van der Waals surface area contributed by atoms with Gasteiger partial charge in [0.15, 0.2) is 0 Å². The molecule has 0 saturated heterocycles. The van der Waals surface area contributed by atoms with Crippen LogP contribution in [0.2, 0.25) is 0 Å². The van der Waals surface area contributed by atoms with Crippen LogP contribution in [0, 0.1) is 0 Å². The molecule has 0 saturated carbocycles. The van der Waals surface area contributed by atoms with Gasteiger partial charge in [0.05, 0.1) is 97.0 Å². The maximum absolute atomic E-state index is 13.3. The molecule has 24 heteroatoms. The first-order chi connectivity index (χ1) is 25.6. The molecule has 0 spiro atoms. The summed E-state index contributed by atoms with van der Waals surface area (Å²) in [5, 5.41) is 0. The smallest absolute Gasteiger partial charge is 0.336 e. The van der Waals surface area contributed by atoms with Gasteiger partial charge >= 0.3 is 57.8 Å². The summed E-state index contributed by atoms with van der Waals surface area (Å²) >= 11 is 0. The normalized spacial score (nSPS) is 12.1. The Balaban J connectivity index is 3.16. The maximum atomic E-state index is 13.3. The van der Waals surface area contributed by atoms with E-state index in [0.29, 0.717) is 13.7 Å². The number of ether oxygens (including phenoxy) is 3. The van der Waals surface area contributed by atoms with Crippen LogP contribution in [-0.2, 0) is 89.1 Å². The van der Waals surface area contributed by atoms with Crippen molar-refractivity contribution in [1.82, 2.24) is 13.7 Å². The van der Waals surface area contributed by atoms with Crippen LogP contribution in [-0.4, -0.2) is 110 Å². The Labute approximate surface area is 313 Å². The molecule has 0 unspecified atom stereocenters. The summed E-state index contributed by atoms with van der Waals surface area (Å²) in [7, 11) is -10.6. The molecule has 312 valence electrons. The third-order valence-electron chi connectivity index (χ3n) is 6.84. The highest BCUT2D eigenvalue weighted by atomic mass is 31.2. The van der Waals surface area contributed by atoms with Gasteiger partial charge < -0.3 is 41.4 Å². The summed E-state index contributed by atoms with van der Waals surface area (Å²) in [6, 6.07) is 0. The van der Waals surface area contributed by atoms with Crippen LogP contribution in [0.25, 0.3) is 0 Å². The zero-order valence-corrected chi connectivity index (χ0v) is 34.4. The lowest BCUT2D eigenvalue weighted by atomic mass is 10.5. The Morgan fingerprint density at radius 3 is 0.815 bits per heavy atom. The Morgan fingerprint density at radius 2 is 0.630 bits per heavy atom. The molecule has 1 heterocycles. The van der Waals surface area contributed by atoms with E-state index in [9.17, 15) is 42.5 Å². The maximum Gasteiger partial charge on any atom is 0.336 e. The molecule has 0 radical (unpaired) electrons. The van der Waals surface area contributed by atoms with Gasteiger partial charge in [0, 0.05) is 0 Å². The van der Waals surface area contributed by atoms with Crippen molar-refractivity contribution in [3.63, 3.8) is 0 Å². The molecule has 0 aliphatic heterocycles. The number of carbonyl (C=O) groups is 3. The van der Waals surface area contributed by atoms with E-state index in [0.717, 1.165) is 0 Å². The van der Waals surface area contributed by atoms with Gasteiger partial charge in [0.2, 0.25) is 0 Å². The average molecular weight is 838 g/mol. The van der Waals surface area contributed by atoms with E-state index in [-0.39, 0.29) is 77.4 Å². The van der Waals surface area contributed by atoms with Crippen LogP contribution in [0.4, 0.5) is 0 Å². The molecule has 0 N–H and O–H groups in total. The fourth-order valence-electron chi connectivity index (χ4n) is 4.59. The number of carbonyl (C=O) groups excluding carboxylic acids is 3. The lowest BCUT2D eigenvalue weighted by Crippen LogP contribution is -2.55. The molecule has 54 heavy (non-hydrogen) atoms. The minimum Gasteiger partial charge on any atom is -0.464 e. The number of hydrogen-bond acceptors (Lipinski definition) is 18. The standard InChI is InChI=1S/C30H54N3O18P3/c1-7-46-52(40,47-8-2)22-13-25(34)43-19-16-31-28(37)32(17-20-44-26(35)14-23-53(41,48-9-3)49-10-4)30(39)33(29(31)38)18-21-45-27(36)15-24-54(42,50-11-5)51-12-6/h7-24H2,1-6H3. The predicted molar refractivity (Wildman–Crippen MR) is 193 cm³/mol. The lowest BCUT2D eigenvalue weighted by molar-refractivity contribution is -0.144. The van der Waals surface area contributed by atoms with Crippen LogP contribution >= 0.6 is 22.8 Å². The summed E-state index contributed by atoms with van der Waals surface area (Å²) in [4.78, 5) is 77.2. The molecular weight excluding hydrogens is 783 g/mol. The van der Waals surface area contributed by atoms with E-state index in [2.05, 4.69) is 0 Å². The average Bonchev–Trinajstić information content (AvgIpc) is 3.11. The van der Waals surface area contributed by atoms with Crippen molar-refractivity contribution in [2.45, 2.75) is 80.4 Å². The summed E-state index contributed by atoms with van der Waals surface area (Å²) in [5.74, 6) is -2.48. The van der Waals surface area contributed by atoms with Crippen molar-refractivity contribution < 1.29 is 69.4 Å². The Morgan fingerprint density at radius 1 is 0.426 bits per heavy atom. The minimum absolute atomic E-state index is 0.0868. The van der Waals surface area contributed by atoms with Crippen molar-refractivity contribution in [3.8, 4) is 0 Å². The van der Waals surface area contributed by atoms with Crippen LogP contribution in [0.5, 0.6) is 0 Å². The fraction of sp³-hybridized carbons (Fsp3) is 0.800. The molecule has 0 atom stereocenters. The third kappa shape index (κ3) is 17.4. The van der Waals surface area contributed by atoms with Gasteiger partial charge in [0.1, 0.15) is 19.8 Å². The molecule has 1 aromatic rings. The minimum atomic E-state index is -3.54. The van der Waals surface area contributed by atoms with E-state index in [1.165, 1.54) is 0 Å². The van der Waals surface area contributed by atoms with Crippen LogP contribution < -0.4 is 17.1 Å². The highest BCUT2D eigenvalue weighted by Crippen LogP contribution is 2.49. The first-order valence-electron chi connectivity index (χ1n) is 17.6. The first-order valence-corrected chi connectivity index (χ1v) is 22.8. The number of nitrogens with zero attached hydrogens (tertiary/aromatic N) is 3. The van der Waals surface area contributed by atoms with Crippen LogP contribution in [0.15, 0.2) is 14.4 Å². The SMILES string of the molecule is CCOP(=O)(CCC(=O)OCCn1c(=O)n(CCOC(=O)CCP(=O)(OCC)OCC)c(=O)n(CCOC(=O)CCP(=O)(OCC)OCC)c1=O)OCC. The van der Waals surface area contributed by atoms with E-state index >= 15 is 0 Å². The van der Waals surface area contributed by atoms with Gasteiger partial charge in [-0.05, 0) is 41.5 Å². The second-order valence-electron chi connectivity index (χ2n) is 10.7. The molecule has 0 amide bonds. The molecule has 0 aromatic carbocycles. The van der Waals surface area contributed by atoms with Gasteiger partial charge in [-0.2, -0.15) is 0 Å². The Bertz CT molecular complexity index is 1420. The molecule has 0 fully saturated rings. The van der Waals surface area contributed by atoms with Gasteiger partial charge in [0.25, 0.3) is 0 Å². The van der Waals surface area contributed by atoms with E-state index in [1.54, 1.807) is 41.5 Å². The van der Waals surface area contributed by atoms with E-state index in [1.807, 2.05) is 0 Å². The Hall–Kier alpha value is -2.73. The molecular formula is C30H54N3O18P3. The van der Waals surface area contributed by atoms with Crippen molar-refractivity contribution >= 4 is 40.7 Å². The number of hydrogen-bond donors (Lipinski definition) is 0. The summed E-state index contributed by atoms with van der Waals surface area (Å²) in [5.41, 5.74) is -3.37. The lowest BCUT2D eigenvalue weighted by Gasteiger charge is -2.17. The Kier molecular flexibility index (Phi) is 23.2.